The summed E-state index contributed by atoms with van der Waals surface area (Å²) in [6, 6.07) is 13.5. The molecule has 5 nitrogen and oxygen atoms in total. The Balaban J connectivity index is 0.000000423. The number of carbonyl (C=O) groups is 1. The van der Waals surface area contributed by atoms with Crippen LogP contribution in [0.1, 0.15) is 30.0 Å². The third-order valence-corrected chi connectivity index (χ3v) is 5.78. The lowest BCUT2D eigenvalue weighted by Gasteiger charge is -2.35. The molecule has 0 amide bonds. The topological polar surface area (TPSA) is 86.8 Å². The molecule has 1 aliphatic heterocycles. The second-order valence-electron chi connectivity index (χ2n) is 7.25. The van der Waals surface area contributed by atoms with Crippen molar-refractivity contribution in [3.05, 3.63) is 63.6 Å². The number of alkyl halides is 3. The van der Waals surface area contributed by atoms with E-state index in [9.17, 15) is 18.3 Å². The van der Waals surface area contributed by atoms with Gasteiger partial charge >= 0.3 is 12.1 Å². The first-order chi connectivity index (χ1) is 14.5. The summed E-state index contributed by atoms with van der Waals surface area (Å²) in [6.07, 6.45) is -3.07. The van der Waals surface area contributed by atoms with Gasteiger partial charge in [0.2, 0.25) is 0 Å². The molecule has 0 aliphatic carbocycles. The molecule has 0 radical (unpaired) electrons. The van der Waals surface area contributed by atoms with Crippen molar-refractivity contribution in [1.29, 1.82) is 0 Å². The van der Waals surface area contributed by atoms with Gasteiger partial charge in [0.05, 0.1) is 10.0 Å². The number of carboxylic acids is 1. The molecular weight excluding hydrogens is 456 g/mol. The van der Waals surface area contributed by atoms with Gasteiger partial charge in [-0.3, -0.25) is 4.90 Å². The summed E-state index contributed by atoms with van der Waals surface area (Å²) in [5, 5.41) is 18.0. The Morgan fingerprint density at radius 2 is 1.65 bits per heavy atom. The number of likely N-dealkylation sites (tertiary alicyclic amines) is 1. The average Bonchev–Trinajstić information content (AvgIpc) is 2.71. The number of carboxylic acid groups (broad SMARTS) is 1. The zero-order valence-corrected chi connectivity index (χ0v) is 18.0. The van der Waals surface area contributed by atoms with Crippen molar-refractivity contribution in [3.63, 3.8) is 0 Å². The molecule has 1 atom stereocenters. The average molecular weight is 479 g/mol. The second-order valence-corrected chi connectivity index (χ2v) is 8.07. The molecule has 0 spiro atoms. The van der Waals surface area contributed by atoms with Crippen molar-refractivity contribution in [3.8, 4) is 5.75 Å². The number of halogens is 5. The number of nitrogens with two attached hydrogens (primary N) is 1. The predicted molar refractivity (Wildman–Crippen MR) is 113 cm³/mol. The van der Waals surface area contributed by atoms with Crippen molar-refractivity contribution in [2.75, 3.05) is 13.1 Å². The zero-order valence-electron chi connectivity index (χ0n) is 16.4. The molecule has 1 heterocycles. The maximum atomic E-state index is 10.6. The van der Waals surface area contributed by atoms with Gasteiger partial charge in [-0.1, -0.05) is 53.5 Å². The Hall–Kier alpha value is -2.00. The highest BCUT2D eigenvalue weighted by Gasteiger charge is 2.38. The number of hydrogen-bond acceptors (Lipinski definition) is 4. The molecule has 1 unspecified atom stereocenters. The van der Waals surface area contributed by atoms with E-state index in [2.05, 4.69) is 29.2 Å². The summed E-state index contributed by atoms with van der Waals surface area (Å²) in [5.74, 6) is -2.30. The number of phenols is 1. The van der Waals surface area contributed by atoms with Gasteiger partial charge in [0, 0.05) is 24.2 Å². The van der Waals surface area contributed by atoms with E-state index in [0.29, 0.717) is 21.5 Å². The Kier molecular flexibility index (Phi) is 9.00. The first kappa shape index (κ1) is 25.3. The van der Waals surface area contributed by atoms with Gasteiger partial charge in [-0.2, -0.15) is 13.2 Å². The minimum absolute atomic E-state index is 0.128. The third kappa shape index (κ3) is 7.57. The number of piperidine rings is 1. The molecule has 170 valence electrons. The zero-order chi connectivity index (χ0) is 23.2. The molecule has 2 aromatic rings. The highest BCUT2D eigenvalue weighted by molar-refractivity contribution is 6.42. The molecule has 0 bridgehead atoms. The minimum atomic E-state index is -5.08. The fourth-order valence-corrected chi connectivity index (χ4v) is 3.71. The molecule has 1 saturated heterocycles. The largest absolute Gasteiger partial charge is 0.508 e. The third-order valence-electron chi connectivity index (χ3n) is 5.06. The SMILES string of the molecule is NC(c1cc(Cl)c(Cl)cc1O)C1CCN(Cc2ccccc2)CC1.O=C(O)C(F)(F)F. The molecule has 1 aliphatic rings. The summed E-state index contributed by atoms with van der Waals surface area (Å²) >= 11 is 12.0. The number of benzene rings is 2. The first-order valence-electron chi connectivity index (χ1n) is 9.49. The van der Waals surface area contributed by atoms with E-state index in [0.717, 1.165) is 32.5 Å². The van der Waals surface area contributed by atoms with Crippen LogP contribution in [0.3, 0.4) is 0 Å². The van der Waals surface area contributed by atoms with Gasteiger partial charge in [0.25, 0.3) is 0 Å². The van der Waals surface area contributed by atoms with Crippen molar-refractivity contribution < 1.29 is 28.2 Å². The number of nitrogens with zero attached hydrogens (tertiary/aromatic N) is 1. The molecular formula is C21H23Cl2F3N2O3. The molecule has 31 heavy (non-hydrogen) atoms. The first-order valence-corrected chi connectivity index (χ1v) is 10.2. The Labute approximate surface area is 188 Å². The molecule has 2 aromatic carbocycles. The molecule has 1 fully saturated rings. The number of aliphatic carboxylic acids is 1. The number of phenolic OH excluding ortho intramolecular Hbond substituents is 1. The lowest BCUT2D eigenvalue weighted by molar-refractivity contribution is -0.192. The lowest BCUT2D eigenvalue weighted by Crippen LogP contribution is -2.37. The fourth-order valence-electron chi connectivity index (χ4n) is 3.38. The number of aromatic hydroxyl groups is 1. The van der Waals surface area contributed by atoms with E-state index in [-0.39, 0.29) is 11.8 Å². The molecule has 0 saturated carbocycles. The van der Waals surface area contributed by atoms with Crippen LogP contribution in [-0.2, 0) is 11.3 Å². The van der Waals surface area contributed by atoms with Crippen LogP contribution < -0.4 is 5.73 Å². The predicted octanol–water partition coefficient (Wildman–Crippen LogP) is 5.24. The Morgan fingerprint density at radius 1 is 1.13 bits per heavy atom. The summed E-state index contributed by atoms with van der Waals surface area (Å²) in [7, 11) is 0. The van der Waals surface area contributed by atoms with E-state index in [1.54, 1.807) is 6.07 Å². The highest BCUT2D eigenvalue weighted by Crippen LogP contribution is 2.37. The summed E-state index contributed by atoms with van der Waals surface area (Å²) < 4.78 is 31.7. The van der Waals surface area contributed by atoms with Crippen molar-refractivity contribution in [2.24, 2.45) is 11.7 Å². The van der Waals surface area contributed by atoms with Crippen LogP contribution in [-0.4, -0.2) is 40.3 Å². The lowest BCUT2D eigenvalue weighted by atomic mass is 9.85. The van der Waals surface area contributed by atoms with E-state index < -0.39 is 12.1 Å². The fraction of sp³-hybridized carbons (Fsp3) is 0.381. The standard InChI is InChI=1S/C19H22Cl2N2O.C2HF3O2/c20-16-10-15(18(24)11-17(16)21)19(22)14-6-8-23(9-7-14)12-13-4-2-1-3-5-13;3-2(4,5)1(6)7/h1-5,10-11,14,19,24H,6-9,12,22H2;(H,6,7). The highest BCUT2D eigenvalue weighted by atomic mass is 35.5. The van der Waals surface area contributed by atoms with Gasteiger partial charge in [0.1, 0.15) is 5.75 Å². The van der Waals surface area contributed by atoms with Crippen molar-refractivity contribution in [1.82, 2.24) is 4.90 Å². The van der Waals surface area contributed by atoms with Crippen LogP contribution in [0.25, 0.3) is 0 Å². The van der Waals surface area contributed by atoms with E-state index >= 15 is 0 Å². The van der Waals surface area contributed by atoms with Crippen molar-refractivity contribution in [2.45, 2.75) is 31.6 Å². The molecule has 0 aromatic heterocycles. The summed E-state index contributed by atoms with van der Waals surface area (Å²) in [4.78, 5) is 11.3. The summed E-state index contributed by atoms with van der Waals surface area (Å²) in [6.45, 7) is 2.99. The molecule has 3 rings (SSSR count). The number of hydrogen-bond donors (Lipinski definition) is 3. The van der Waals surface area contributed by atoms with Crippen LogP contribution >= 0.6 is 23.2 Å². The van der Waals surface area contributed by atoms with Crippen LogP contribution in [0, 0.1) is 5.92 Å². The minimum Gasteiger partial charge on any atom is -0.508 e. The van der Waals surface area contributed by atoms with E-state index in [1.807, 2.05) is 6.07 Å². The summed E-state index contributed by atoms with van der Waals surface area (Å²) in [5.41, 5.74) is 8.43. The van der Waals surface area contributed by atoms with Crippen molar-refractivity contribution >= 4 is 29.2 Å². The Bertz CT molecular complexity index is 874. The number of rotatable bonds is 4. The quantitative estimate of drug-likeness (QED) is 0.558. The van der Waals surface area contributed by atoms with Gasteiger partial charge in [-0.15, -0.1) is 0 Å². The van der Waals surface area contributed by atoms with Gasteiger partial charge in [-0.25, -0.2) is 4.79 Å². The maximum absolute atomic E-state index is 10.6. The smallest absolute Gasteiger partial charge is 0.490 e. The molecule has 4 N–H and O–H groups in total. The van der Waals surface area contributed by atoms with E-state index in [4.69, 9.17) is 38.8 Å². The van der Waals surface area contributed by atoms with Crippen LogP contribution in [0.2, 0.25) is 10.0 Å². The van der Waals surface area contributed by atoms with Gasteiger partial charge in [-0.05, 0) is 43.5 Å². The normalized spacial score (nSPS) is 16.3. The van der Waals surface area contributed by atoms with Gasteiger partial charge in [0.15, 0.2) is 0 Å². The van der Waals surface area contributed by atoms with Crippen LogP contribution in [0.4, 0.5) is 13.2 Å². The Morgan fingerprint density at radius 3 is 2.16 bits per heavy atom. The van der Waals surface area contributed by atoms with Crippen LogP contribution in [0.15, 0.2) is 42.5 Å². The van der Waals surface area contributed by atoms with E-state index in [1.165, 1.54) is 11.6 Å². The maximum Gasteiger partial charge on any atom is 0.490 e. The van der Waals surface area contributed by atoms with Gasteiger partial charge < -0.3 is 15.9 Å². The van der Waals surface area contributed by atoms with Crippen LogP contribution in [0.5, 0.6) is 5.75 Å². The monoisotopic (exact) mass is 478 g/mol. The second kappa shape index (κ2) is 11.0. The molecule has 10 heteroatoms.